The summed E-state index contributed by atoms with van der Waals surface area (Å²) in [6.45, 7) is 2.74. The van der Waals surface area contributed by atoms with Crippen molar-refractivity contribution >= 4 is 29.0 Å². The minimum atomic E-state index is -0.410. The van der Waals surface area contributed by atoms with Crippen LogP contribution in [0.1, 0.15) is 25.7 Å². The highest BCUT2D eigenvalue weighted by Crippen LogP contribution is 2.32. The van der Waals surface area contributed by atoms with Gasteiger partial charge in [-0.2, -0.15) is 0 Å². The smallest absolute Gasteiger partial charge is 0.321 e. The Kier molecular flexibility index (Phi) is 6.16. The van der Waals surface area contributed by atoms with Gasteiger partial charge in [-0.05, 0) is 49.9 Å². The summed E-state index contributed by atoms with van der Waals surface area (Å²) in [4.78, 5) is 29.1. The predicted molar refractivity (Wildman–Crippen MR) is 116 cm³/mol. The van der Waals surface area contributed by atoms with Crippen molar-refractivity contribution in [2.24, 2.45) is 5.92 Å². The zero-order chi connectivity index (χ0) is 20.9. The molecule has 2 N–H and O–H groups in total. The van der Waals surface area contributed by atoms with Gasteiger partial charge in [0.15, 0.2) is 0 Å². The van der Waals surface area contributed by atoms with Crippen molar-refractivity contribution in [2.75, 3.05) is 41.7 Å². The molecule has 158 valence electrons. The molecule has 6 nitrogen and oxygen atoms in total. The van der Waals surface area contributed by atoms with Gasteiger partial charge in [-0.1, -0.05) is 24.3 Å². The van der Waals surface area contributed by atoms with Crippen LogP contribution in [0.3, 0.4) is 0 Å². The van der Waals surface area contributed by atoms with E-state index in [4.69, 9.17) is 0 Å². The summed E-state index contributed by atoms with van der Waals surface area (Å²) in [5.74, 6) is -0.826. The summed E-state index contributed by atoms with van der Waals surface area (Å²) < 4.78 is 14.5. The third-order valence-corrected chi connectivity index (χ3v) is 5.86. The maximum atomic E-state index is 14.5. The molecule has 2 aromatic rings. The monoisotopic (exact) mass is 410 g/mol. The van der Waals surface area contributed by atoms with Crippen molar-refractivity contribution in [1.29, 1.82) is 0 Å². The number of likely N-dealkylation sites (tertiary alicyclic amines) is 1. The number of amides is 3. The lowest BCUT2D eigenvalue weighted by molar-refractivity contribution is -0.121. The first kappa shape index (κ1) is 20.2. The topological polar surface area (TPSA) is 64.7 Å². The molecule has 0 aromatic heterocycles. The van der Waals surface area contributed by atoms with Crippen LogP contribution in [0.4, 0.5) is 26.2 Å². The fourth-order valence-electron chi connectivity index (χ4n) is 4.15. The maximum Gasteiger partial charge on any atom is 0.321 e. The number of nitrogens with one attached hydrogen (secondary N) is 2. The highest BCUT2D eigenvalue weighted by atomic mass is 19.1. The van der Waals surface area contributed by atoms with E-state index in [0.717, 1.165) is 37.3 Å². The Morgan fingerprint density at radius 3 is 2.27 bits per heavy atom. The Morgan fingerprint density at radius 1 is 0.867 bits per heavy atom. The van der Waals surface area contributed by atoms with Crippen LogP contribution in [0.25, 0.3) is 0 Å². The van der Waals surface area contributed by atoms with Gasteiger partial charge >= 0.3 is 6.03 Å². The third kappa shape index (κ3) is 4.56. The van der Waals surface area contributed by atoms with Crippen molar-refractivity contribution in [1.82, 2.24) is 4.90 Å². The minimum Gasteiger partial charge on any atom is -0.370 e. The molecule has 0 aliphatic carbocycles. The largest absolute Gasteiger partial charge is 0.370 e. The highest BCUT2D eigenvalue weighted by molar-refractivity contribution is 5.96. The first-order chi connectivity index (χ1) is 14.6. The second-order valence-corrected chi connectivity index (χ2v) is 7.87. The van der Waals surface area contributed by atoms with E-state index in [1.165, 1.54) is 6.07 Å². The van der Waals surface area contributed by atoms with Crippen LogP contribution in [0, 0.1) is 11.7 Å². The number of urea groups is 1. The predicted octanol–water partition coefficient (Wildman–Crippen LogP) is 4.31. The number of carbonyl (C=O) groups excluding carboxylic acids is 2. The summed E-state index contributed by atoms with van der Waals surface area (Å²) >= 11 is 0. The summed E-state index contributed by atoms with van der Waals surface area (Å²) in [5, 5.41) is 5.71. The van der Waals surface area contributed by atoms with E-state index in [0.29, 0.717) is 25.9 Å². The molecule has 2 saturated heterocycles. The van der Waals surface area contributed by atoms with Crippen molar-refractivity contribution in [3.05, 3.63) is 54.3 Å². The van der Waals surface area contributed by atoms with Crippen molar-refractivity contribution in [3.8, 4) is 0 Å². The first-order valence-electron chi connectivity index (χ1n) is 10.6. The average molecular weight is 410 g/mol. The second-order valence-electron chi connectivity index (χ2n) is 7.87. The Morgan fingerprint density at radius 2 is 1.57 bits per heavy atom. The molecule has 2 aromatic carbocycles. The van der Waals surface area contributed by atoms with Crippen LogP contribution in [-0.4, -0.2) is 43.0 Å². The number of nitrogens with zero attached hydrogens (tertiary/aromatic N) is 2. The van der Waals surface area contributed by atoms with Crippen LogP contribution in [-0.2, 0) is 4.79 Å². The third-order valence-electron chi connectivity index (χ3n) is 5.86. The molecule has 7 heteroatoms. The normalized spacial score (nSPS) is 17.1. The molecule has 4 rings (SSSR count). The molecule has 0 unspecified atom stereocenters. The van der Waals surface area contributed by atoms with Crippen LogP contribution in [0.2, 0.25) is 0 Å². The number of benzene rings is 2. The number of rotatable bonds is 4. The van der Waals surface area contributed by atoms with E-state index in [2.05, 4.69) is 15.5 Å². The van der Waals surface area contributed by atoms with Crippen molar-refractivity contribution in [2.45, 2.75) is 25.7 Å². The summed E-state index contributed by atoms with van der Waals surface area (Å²) in [5.41, 5.74) is 1.77. The van der Waals surface area contributed by atoms with Gasteiger partial charge in [-0.25, -0.2) is 9.18 Å². The molecule has 2 aliphatic rings. The number of carbonyl (C=O) groups is 2. The molecule has 0 radical (unpaired) electrons. The van der Waals surface area contributed by atoms with E-state index in [-0.39, 0.29) is 23.5 Å². The van der Waals surface area contributed by atoms with Gasteiger partial charge in [0.25, 0.3) is 0 Å². The molecule has 0 saturated carbocycles. The average Bonchev–Trinajstić information content (AvgIpc) is 3.30. The van der Waals surface area contributed by atoms with Crippen LogP contribution < -0.4 is 15.5 Å². The number of piperidine rings is 1. The molecule has 2 aliphatic heterocycles. The molecule has 3 amide bonds. The van der Waals surface area contributed by atoms with Gasteiger partial charge < -0.3 is 20.4 Å². The fraction of sp³-hybridized carbons (Fsp3) is 0.391. The summed E-state index contributed by atoms with van der Waals surface area (Å²) in [6, 6.07) is 14.1. The van der Waals surface area contributed by atoms with Gasteiger partial charge in [0.2, 0.25) is 5.91 Å². The fourth-order valence-corrected chi connectivity index (χ4v) is 4.15. The second kappa shape index (κ2) is 9.15. The van der Waals surface area contributed by atoms with Crippen LogP contribution in [0.15, 0.2) is 48.5 Å². The van der Waals surface area contributed by atoms with Gasteiger partial charge in [0.1, 0.15) is 11.5 Å². The van der Waals surface area contributed by atoms with E-state index in [1.807, 2.05) is 36.4 Å². The Balaban J connectivity index is 1.34. The van der Waals surface area contributed by atoms with Crippen molar-refractivity contribution < 1.29 is 14.0 Å². The first-order valence-corrected chi connectivity index (χ1v) is 10.6. The standard InChI is InChI=1S/C23H27FN4O2/c24-19-9-6-10-20(27-13-4-5-14-27)21(19)26-22(29)17-11-15-28(16-12-17)23(30)25-18-7-2-1-3-8-18/h1-3,6-10,17H,4-5,11-16H2,(H,25,30)(H,26,29). The number of hydrogen-bond acceptors (Lipinski definition) is 3. The molecule has 0 atom stereocenters. The summed E-state index contributed by atoms with van der Waals surface area (Å²) in [7, 11) is 0. The zero-order valence-electron chi connectivity index (χ0n) is 16.9. The molecule has 0 bridgehead atoms. The molecule has 30 heavy (non-hydrogen) atoms. The number of hydrogen-bond donors (Lipinski definition) is 2. The van der Waals surface area contributed by atoms with E-state index in [9.17, 15) is 14.0 Å². The molecular weight excluding hydrogens is 383 g/mol. The van der Waals surface area contributed by atoms with Crippen molar-refractivity contribution in [3.63, 3.8) is 0 Å². The SMILES string of the molecule is O=C(Nc1c(F)cccc1N1CCCC1)C1CCN(C(=O)Nc2ccccc2)CC1. The van der Waals surface area contributed by atoms with E-state index >= 15 is 0 Å². The Bertz CT molecular complexity index is 891. The van der Waals surface area contributed by atoms with Gasteiger partial charge in [-0.15, -0.1) is 0 Å². The highest BCUT2D eigenvalue weighted by Gasteiger charge is 2.29. The van der Waals surface area contributed by atoms with Gasteiger partial charge in [0, 0.05) is 37.8 Å². The van der Waals surface area contributed by atoms with E-state index < -0.39 is 5.82 Å². The van der Waals surface area contributed by atoms with Crippen LogP contribution >= 0.6 is 0 Å². The molecule has 2 heterocycles. The lowest BCUT2D eigenvalue weighted by Crippen LogP contribution is -2.43. The van der Waals surface area contributed by atoms with Gasteiger partial charge in [-0.3, -0.25) is 4.79 Å². The quantitative estimate of drug-likeness (QED) is 0.790. The maximum absolute atomic E-state index is 14.5. The number of para-hydroxylation sites is 2. The molecule has 2 fully saturated rings. The van der Waals surface area contributed by atoms with E-state index in [1.54, 1.807) is 11.0 Å². The Labute approximate surface area is 176 Å². The van der Waals surface area contributed by atoms with Gasteiger partial charge in [0.05, 0.1) is 5.69 Å². The zero-order valence-corrected chi connectivity index (χ0v) is 16.9. The molecular formula is C23H27FN4O2. The van der Waals surface area contributed by atoms with Crippen LogP contribution in [0.5, 0.6) is 0 Å². The Hall–Kier alpha value is -3.09. The number of anilines is 3. The minimum absolute atomic E-state index is 0.162. The molecule has 0 spiro atoms. The number of halogens is 1. The summed E-state index contributed by atoms with van der Waals surface area (Å²) in [6.07, 6.45) is 3.27. The lowest BCUT2D eigenvalue weighted by Gasteiger charge is -2.31. The lowest BCUT2D eigenvalue weighted by atomic mass is 9.96.